The normalized spacial score (nSPS) is 24.3. The van der Waals surface area contributed by atoms with E-state index < -0.39 is 0 Å². The van der Waals surface area contributed by atoms with E-state index in [1.54, 1.807) is 24.5 Å². The van der Waals surface area contributed by atoms with E-state index in [9.17, 15) is 4.79 Å². The lowest BCUT2D eigenvalue weighted by atomic mass is 10.2. The highest BCUT2D eigenvalue weighted by Crippen LogP contribution is 2.54. The second-order valence-electron chi connectivity index (χ2n) is 6.80. The van der Waals surface area contributed by atoms with Crippen molar-refractivity contribution in [3.63, 3.8) is 0 Å². The van der Waals surface area contributed by atoms with E-state index in [0.717, 1.165) is 49.4 Å². The summed E-state index contributed by atoms with van der Waals surface area (Å²) in [6.07, 6.45) is 11.6. The van der Waals surface area contributed by atoms with Crippen molar-refractivity contribution in [1.82, 2.24) is 15.3 Å². The number of carbonyl (C=O) groups is 1. The van der Waals surface area contributed by atoms with Crippen molar-refractivity contribution in [2.75, 3.05) is 24.5 Å². The molecular formula is C20H22N4O. The second-order valence-corrected chi connectivity index (χ2v) is 6.80. The largest absolute Gasteiger partial charge is 0.371 e. The summed E-state index contributed by atoms with van der Waals surface area (Å²) in [5, 5.41) is 2.99. The van der Waals surface area contributed by atoms with E-state index in [1.807, 2.05) is 24.5 Å². The number of anilines is 1. The van der Waals surface area contributed by atoms with Gasteiger partial charge in [0.05, 0.1) is 0 Å². The molecule has 0 radical (unpaired) electrons. The quantitative estimate of drug-likeness (QED) is 0.824. The fourth-order valence-electron chi connectivity index (χ4n) is 3.91. The van der Waals surface area contributed by atoms with Gasteiger partial charge >= 0.3 is 0 Å². The molecule has 1 saturated carbocycles. The fourth-order valence-corrected chi connectivity index (χ4v) is 3.91. The highest BCUT2D eigenvalue weighted by Gasteiger charge is 2.54. The average molecular weight is 334 g/mol. The Balaban J connectivity index is 1.17. The lowest BCUT2D eigenvalue weighted by Crippen LogP contribution is -2.26. The summed E-state index contributed by atoms with van der Waals surface area (Å²) >= 11 is 0. The molecule has 128 valence electrons. The van der Waals surface area contributed by atoms with Crippen molar-refractivity contribution in [3.05, 3.63) is 60.7 Å². The minimum absolute atomic E-state index is 0.0342. The van der Waals surface area contributed by atoms with E-state index in [0.29, 0.717) is 0 Å². The van der Waals surface area contributed by atoms with Gasteiger partial charge in [0.1, 0.15) is 0 Å². The molecule has 5 nitrogen and oxygen atoms in total. The van der Waals surface area contributed by atoms with E-state index >= 15 is 0 Å². The van der Waals surface area contributed by atoms with Crippen LogP contribution in [0.3, 0.4) is 0 Å². The zero-order valence-corrected chi connectivity index (χ0v) is 14.1. The van der Waals surface area contributed by atoms with Crippen LogP contribution >= 0.6 is 0 Å². The molecule has 0 bridgehead atoms. The lowest BCUT2D eigenvalue weighted by Gasteiger charge is -2.21. The third-order valence-electron chi connectivity index (χ3n) is 5.29. The van der Waals surface area contributed by atoms with Gasteiger partial charge in [-0.25, -0.2) is 0 Å². The average Bonchev–Trinajstić information content (AvgIpc) is 3.11. The number of pyridine rings is 2. The first-order valence-corrected chi connectivity index (χ1v) is 8.82. The van der Waals surface area contributed by atoms with Gasteiger partial charge in [0, 0.05) is 56.2 Å². The molecule has 0 spiro atoms. The predicted octanol–water partition coefficient (Wildman–Crippen LogP) is 2.38. The van der Waals surface area contributed by atoms with Gasteiger partial charge in [-0.3, -0.25) is 14.8 Å². The van der Waals surface area contributed by atoms with Crippen LogP contribution in [0.1, 0.15) is 12.0 Å². The van der Waals surface area contributed by atoms with Crippen LogP contribution in [-0.2, 0) is 4.79 Å². The molecule has 25 heavy (non-hydrogen) atoms. The number of piperidine rings is 1. The van der Waals surface area contributed by atoms with Gasteiger partial charge in [0.15, 0.2) is 0 Å². The summed E-state index contributed by atoms with van der Waals surface area (Å²) in [7, 11) is 0. The van der Waals surface area contributed by atoms with Crippen molar-refractivity contribution in [1.29, 1.82) is 0 Å². The summed E-state index contributed by atoms with van der Waals surface area (Å²) in [5.41, 5.74) is 2.21. The molecule has 2 aromatic heterocycles. The second kappa shape index (κ2) is 7.05. The number of rotatable bonds is 6. The lowest BCUT2D eigenvalue weighted by molar-refractivity contribution is -0.116. The van der Waals surface area contributed by atoms with E-state index in [-0.39, 0.29) is 5.91 Å². The van der Waals surface area contributed by atoms with Crippen LogP contribution in [0.2, 0.25) is 0 Å². The van der Waals surface area contributed by atoms with Gasteiger partial charge in [-0.1, -0.05) is 6.07 Å². The highest BCUT2D eigenvalue weighted by atomic mass is 16.1. The Morgan fingerprint density at radius 3 is 2.68 bits per heavy atom. The topological polar surface area (TPSA) is 58.1 Å². The maximum absolute atomic E-state index is 11.9. The summed E-state index contributed by atoms with van der Waals surface area (Å²) < 4.78 is 0. The first-order valence-electron chi connectivity index (χ1n) is 8.82. The molecule has 2 fully saturated rings. The van der Waals surface area contributed by atoms with Gasteiger partial charge in [-0.05, 0) is 54.0 Å². The molecular weight excluding hydrogens is 312 g/mol. The minimum Gasteiger partial charge on any atom is -0.371 e. The van der Waals surface area contributed by atoms with Crippen molar-refractivity contribution in [2.24, 2.45) is 17.8 Å². The van der Waals surface area contributed by atoms with Crippen LogP contribution in [-0.4, -0.2) is 35.5 Å². The highest BCUT2D eigenvalue weighted by molar-refractivity contribution is 5.91. The van der Waals surface area contributed by atoms with Crippen LogP contribution in [0.15, 0.2) is 55.1 Å². The van der Waals surface area contributed by atoms with E-state index in [1.165, 1.54) is 5.69 Å². The molecule has 3 heterocycles. The number of nitrogens with one attached hydrogen (secondary N) is 1. The van der Waals surface area contributed by atoms with Crippen molar-refractivity contribution in [2.45, 2.75) is 6.42 Å². The molecule has 2 atom stereocenters. The number of fused-ring (bicyclic) bond motifs is 1. The molecule has 1 saturated heterocycles. The Morgan fingerprint density at radius 1 is 1.16 bits per heavy atom. The SMILES string of the molecule is O=C(/C=C/c1cccnc1)NCCC1C2CN(c3ccncc3)CC12. The first kappa shape index (κ1) is 15.8. The molecule has 1 aliphatic heterocycles. The molecule has 1 aliphatic carbocycles. The van der Waals surface area contributed by atoms with Crippen LogP contribution in [0.5, 0.6) is 0 Å². The third kappa shape index (κ3) is 3.71. The molecule has 2 aliphatic rings. The maximum atomic E-state index is 11.9. The van der Waals surface area contributed by atoms with E-state index in [4.69, 9.17) is 0 Å². The van der Waals surface area contributed by atoms with Gasteiger partial charge in [0.25, 0.3) is 0 Å². The van der Waals surface area contributed by atoms with Gasteiger partial charge < -0.3 is 10.2 Å². The van der Waals surface area contributed by atoms with Gasteiger partial charge in [-0.15, -0.1) is 0 Å². The van der Waals surface area contributed by atoms with Gasteiger partial charge in [-0.2, -0.15) is 0 Å². The van der Waals surface area contributed by atoms with Crippen LogP contribution in [0.25, 0.3) is 6.08 Å². The van der Waals surface area contributed by atoms with Crippen LogP contribution < -0.4 is 10.2 Å². The summed E-state index contributed by atoms with van der Waals surface area (Å²) in [5.74, 6) is 2.31. The van der Waals surface area contributed by atoms with Crippen LogP contribution in [0.4, 0.5) is 5.69 Å². The molecule has 2 unspecified atom stereocenters. The monoisotopic (exact) mass is 334 g/mol. The summed E-state index contributed by atoms with van der Waals surface area (Å²) in [6.45, 7) is 3.02. The van der Waals surface area contributed by atoms with Crippen molar-refractivity contribution in [3.8, 4) is 0 Å². The number of nitrogens with zero attached hydrogens (tertiary/aromatic N) is 3. The van der Waals surface area contributed by atoms with Crippen molar-refractivity contribution >= 4 is 17.7 Å². The predicted molar refractivity (Wildman–Crippen MR) is 97.8 cm³/mol. The number of aromatic nitrogens is 2. The molecule has 1 amide bonds. The van der Waals surface area contributed by atoms with Crippen LogP contribution in [0, 0.1) is 17.8 Å². The maximum Gasteiger partial charge on any atom is 0.244 e. The smallest absolute Gasteiger partial charge is 0.244 e. The van der Waals surface area contributed by atoms with Crippen molar-refractivity contribution < 1.29 is 4.79 Å². The first-order chi connectivity index (χ1) is 12.3. The molecule has 0 aromatic carbocycles. The Morgan fingerprint density at radius 2 is 1.96 bits per heavy atom. The Hall–Kier alpha value is -2.69. The molecule has 4 rings (SSSR count). The Bertz CT molecular complexity index is 735. The van der Waals surface area contributed by atoms with Gasteiger partial charge in [0.2, 0.25) is 5.91 Å². The number of hydrogen-bond donors (Lipinski definition) is 1. The fraction of sp³-hybridized carbons (Fsp3) is 0.350. The summed E-state index contributed by atoms with van der Waals surface area (Å²) in [4.78, 5) is 22.4. The third-order valence-corrected chi connectivity index (χ3v) is 5.29. The Kier molecular flexibility index (Phi) is 4.46. The number of hydrogen-bond acceptors (Lipinski definition) is 4. The molecule has 5 heteroatoms. The van der Waals surface area contributed by atoms with E-state index in [2.05, 4.69) is 32.3 Å². The zero-order valence-electron chi connectivity index (χ0n) is 14.1. The minimum atomic E-state index is -0.0342. The number of amides is 1. The Labute approximate surface area is 147 Å². The number of carbonyl (C=O) groups excluding carboxylic acids is 1. The zero-order chi connectivity index (χ0) is 17.1. The summed E-state index contributed by atoms with van der Waals surface area (Å²) in [6, 6.07) is 7.94. The molecule has 1 N–H and O–H groups in total. The standard InChI is InChI=1S/C20H22N4O/c25-20(4-3-15-2-1-8-22-12-15)23-11-7-17-18-13-24(14-19(17)18)16-5-9-21-10-6-16/h1-6,8-10,12,17-19H,7,11,13-14H2,(H,23,25)/b4-3+. The molecule has 2 aromatic rings.